The number of rotatable bonds is 2. The van der Waals surface area contributed by atoms with Crippen molar-refractivity contribution in [3.8, 4) is 5.75 Å². The van der Waals surface area contributed by atoms with E-state index in [1.54, 1.807) is 28.7 Å². The zero-order valence-corrected chi connectivity index (χ0v) is 17.3. The van der Waals surface area contributed by atoms with Gasteiger partial charge in [0.15, 0.2) is 4.96 Å². The fourth-order valence-corrected chi connectivity index (χ4v) is 4.55. The number of nitrogens with zero attached hydrogens (tertiary/aromatic N) is 2. The number of halogens is 1. The molecule has 0 saturated heterocycles. The van der Waals surface area contributed by atoms with Crippen molar-refractivity contribution in [2.75, 3.05) is 0 Å². The van der Waals surface area contributed by atoms with Gasteiger partial charge < -0.3 is 4.74 Å². The van der Waals surface area contributed by atoms with Crippen molar-refractivity contribution >= 4 is 55.3 Å². The van der Waals surface area contributed by atoms with E-state index in [9.17, 15) is 9.59 Å². The molecule has 0 unspecified atom stereocenters. The van der Waals surface area contributed by atoms with E-state index in [1.165, 1.54) is 18.3 Å². The maximum absolute atomic E-state index is 13.0. The highest BCUT2D eigenvalue weighted by Gasteiger charge is 2.15. The quantitative estimate of drug-likeness (QED) is 0.350. The molecule has 0 atom stereocenters. The van der Waals surface area contributed by atoms with Crippen molar-refractivity contribution in [1.29, 1.82) is 0 Å². The van der Waals surface area contributed by atoms with E-state index in [4.69, 9.17) is 4.74 Å². The van der Waals surface area contributed by atoms with Gasteiger partial charge in [-0.1, -0.05) is 23.5 Å². The fourth-order valence-electron chi connectivity index (χ4n) is 2.96. The summed E-state index contributed by atoms with van der Waals surface area (Å²) in [5.74, 6) is 0.0690. The Balaban J connectivity index is 1.92. The molecule has 0 aliphatic heterocycles. The molecule has 2 aromatic carbocycles. The first kappa shape index (κ1) is 17.9. The second-order valence-electron chi connectivity index (χ2n) is 6.31. The zero-order valence-electron chi connectivity index (χ0n) is 14.9. The smallest absolute Gasteiger partial charge is 0.308 e. The molecule has 0 spiro atoms. The summed E-state index contributed by atoms with van der Waals surface area (Å²) in [4.78, 5) is 29.4. The van der Waals surface area contributed by atoms with Crippen LogP contribution in [0.25, 0.3) is 22.1 Å². The Morgan fingerprint density at radius 2 is 2.07 bits per heavy atom. The SMILES string of the molecule is CC(=O)Oc1cccc(/C=c2/sc3nc4c(Br)c(C)c(C)cc4n3c2=O)c1. The molecule has 2 aromatic heterocycles. The highest BCUT2D eigenvalue weighted by atomic mass is 79.9. The number of imidazole rings is 1. The van der Waals surface area contributed by atoms with E-state index in [2.05, 4.69) is 20.9 Å². The van der Waals surface area contributed by atoms with Gasteiger partial charge in [0.1, 0.15) is 11.3 Å². The van der Waals surface area contributed by atoms with E-state index >= 15 is 0 Å². The van der Waals surface area contributed by atoms with Gasteiger partial charge in [-0.25, -0.2) is 9.38 Å². The topological polar surface area (TPSA) is 60.7 Å². The third kappa shape index (κ3) is 3.07. The van der Waals surface area contributed by atoms with Gasteiger partial charge in [0.25, 0.3) is 5.56 Å². The fraction of sp³-hybridized carbons (Fsp3) is 0.150. The lowest BCUT2D eigenvalue weighted by molar-refractivity contribution is -0.131. The summed E-state index contributed by atoms with van der Waals surface area (Å²) in [5, 5.41) is 0. The molecule has 4 aromatic rings. The Morgan fingerprint density at radius 3 is 2.81 bits per heavy atom. The molecule has 0 saturated carbocycles. The second kappa shape index (κ2) is 6.58. The maximum atomic E-state index is 13.0. The minimum Gasteiger partial charge on any atom is -0.427 e. The number of benzene rings is 2. The molecule has 7 heteroatoms. The summed E-state index contributed by atoms with van der Waals surface area (Å²) in [7, 11) is 0. The van der Waals surface area contributed by atoms with Crippen LogP contribution in [0.4, 0.5) is 0 Å². The Labute approximate surface area is 167 Å². The van der Waals surface area contributed by atoms with Crippen LogP contribution < -0.4 is 14.8 Å². The molecular formula is C20H15BrN2O3S. The van der Waals surface area contributed by atoms with Crippen molar-refractivity contribution in [3.63, 3.8) is 0 Å². The Hall–Kier alpha value is -2.51. The number of carbonyl (C=O) groups excluding carboxylic acids is 1. The number of fused-ring (bicyclic) bond motifs is 3. The van der Waals surface area contributed by atoms with E-state index in [0.717, 1.165) is 32.2 Å². The molecule has 0 fully saturated rings. The average Bonchev–Trinajstić information content (AvgIpc) is 3.10. The number of aryl methyl sites for hydroxylation is 1. The van der Waals surface area contributed by atoms with Gasteiger partial charge in [0, 0.05) is 11.4 Å². The average molecular weight is 443 g/mol. The molecule has 0 aliphatic rings. The standard InChI is InChI=1S/C20H15BrN2O3S/c1-10-7-15-18(17(21)11(10)2)22-20-23(15)19(25)16(27-20)9-13-5-4-6-14(8-13)26-12(3)24/h4-9H,1-3H3/b16-9+. The minimum atomic E-state index is -0.381. The number of hydrogen-bond donors (Lipinski definition) is 0. The summed E-state index contributed by atoms with van der Waals surface area (Å²) in [5.41, 5.74) is 4.49. The van der Waals surface area contributed by atoms with Gasteiger partial charge >= 0.3 is 5.97 Å². The number of ether oxygens (including phenoxy) is 1. The summed E-state index contributed by atoms with van der Waals surface area (Å²) >= 11 is 4.94. The molecule has 0 radical (unpaired) electrons. The van der Waals surface area contributed by atoms with Crippen LogP contribution in [0, 0.1) is 13.8 Å². The summed E-state index contributed by atoms with van der Waals surface area (Å²) in [6, 6.07) is 9.07. The Morgan fingerprint density at radius 1 is 1.30 bits per heavy atom. The van der Waals surface area contributed by atoms with Gasteiger partial charge in [-0.05, 0) is 70.7 Å². The van der Waals surface area contributed by atoms with Gasteiger partial charge in [-0.15, -0.1) is 0 Å². The van der Waals surface area contributed by atoms with Crippen molar-refractivity contribution in [2.45, 2.75) is 20.8 Å². The molecule has 2 heterocycles. The molecule has 4 rings (SSSR count). The van der Waals surface area contributed by atoms with Crippen LogP contribution in [0.2, 0.25) is 0 Å². The van der Waals surface area contributed by atoms with Crippen LogP contribution in [0.3, 0.4) is 0 Å². The lowest BCUT2D eigenvalue weighted by Crippen LogP contribution is -2.22. The van der Waals surface area contributed by atoms with E-state index in [1.807, 2.05) is 26.0 Å². The first-order valence-corrected chi connectivity index (χ1v) is 9.87. The molecule has 0 amide bonds. The highest BCUT2D eigenvalue weighted by molar-refractivity contribution is 9.10. The predicted octanol–water partition coefficient (Wildman–Crippen LogP) is 3.76. The Bertz CT molecular complexity index is 1340. The van der Waals surface area contributed by atoms with Crippen LogP contribution in [0.5, 0.6) is 5.75 Å². The molecule has 136 valence electrons. The lowest BCUT2D eigenvalue weighted by Gasteiger charge is -2.03. The van der Waals surface area contributed by atoms with Crippen LogP contribution in [-0.4, -0.2) is 15.4 Å². The minimum absolute atomic E-state index is 0.106. The molecule has 27 heavy (non-hydrogen) atoms. The summed E-state index contributed by atoms with van der Waals surface area (Å²) < 4.78 is 8.26. The summed E-state index contributed by atoms with van der Waals surface area (Å²) in [6.07, 6.45) is 1.79. The first-order valence-electron chi connectivity index (χ1n) is 8.26. The van der Waals surface area contributed by atoms with E-state index in [0.29, 0.717) is 15.2 Å². The van der Waals surface area contributed by atoms with Crippen molar-refractivity contribution in [2.24, 2.45) is 0 Å². The normalized spacial score (nSPS) is 12.2. The molecule has 0 N–H and O–H groups in total. The van der Waals surface area contributed by atoms with Gasteiger partial charge in [-0.3, -0.25) is 9.59 Å². The van der Waals surface area contributed by atoms with Crippen molar-refractivity contribution in [1.82, 2.24) is 9.38 Å². The predicted molar refractivity (Wildman–Crippen MR) is 111 cm³/mol. The van der Waals surface area contributed by atoms with Crippen LogP contribution >= 0.6 is 27.3 Å². The zero-order chi connectivity index (χ0) is 19.3. The molecule has 5 nitrogen and oxygen atoms in total. The van der Waals surface area contributed by atoms with Crippen LogP contribution in [-0.2, 0) is 4.79 Å². The van der Waals surface area contributed by atoms with Crippen LogP contribution in [0.1, 0.15) is 23.6 Å². The lowest BCUT2D eigenvalue weighted by atomic mass is 10.1. The molecular weight excluding hydrogens is 428 g/mol. The number of esters is 1. The van der Waals surface area contributed by atoms with E-state index < -0.39 is 0 Å². The highest BCUT2D eigenvalue weighted by Crippen LogP contribution is 2.30. The number of thiazole rings is 1. The van der Waals surface area contributed by atoms with Gasteiger partial charge in [0.2, 0.25) is 0 Å². The number of hydrogen-bond acceptors (Lipinski definition) is 5. The maximum Gasteiger partial charge on any atom is 0.308 e. The van der Waals surface area contributed by atoms with Crippen molar-refractivity contribution < 1.29 is 9.53 Å². The third-order valence-electron chi connectivity index (χ3n) is 4.40. The summed E-state index contributed by atoms with van der Waals surface area (Å²) in [6.45, 7) is 5.40. The van der Waals surface area contributed by atoms with Gasteiger partial charge in [-0.2, -0.15) is 0 Å². The largest absolute Gasteiger partial charge is 0.427 e. The van der Waals surface area contributed by atoms with Crippen molar-refractivity contribution in [3.05, 3.63) is 66.4 Å². The van der Waals surface area contributed by atoms with Gasteiger partial charge in [0.05, 0.1) is 10.0 Å². The van der Waals surface area contributed by atoms with Crippen LogP contribution in [0.15, 0.2) is 39.6 Å². The second-order valence-corrected chi connectivity index (χ2v) is 8.11. The Kier molecular flexibility index (Phi) is 4.36. The van der Waals surface area contributed by atoms with E-state index in [-0.39, 0.29) is 11.5 Å². The first-order chi connectivity index (χ1) is 12.8. The monoisotopic (exact) mass is 442 g/mol. The molecule has 0 aliphatic carbocycles. The molecule has 0 bridgehead atoms. The number of carbonyl (C=O) groups is 1. The third-order valence-corrected chi connectivity index (χ3v) is 6.34. The number of aromatic nitrogens is 2.